The molecule has 0 bridgehead atoms. The van der Waals surface area contributed by atoms with Crippen molar-refractivity contribution < 1.29 is 5.21 Å². The van der Waals surface area contributed by atoms with Gasteiger partial charge in [0.25, 0.3) is 0 Å². The van der Waals surface area contributed by atoms with Gasteiger partial charge in [-0.05, 0) is 17.7 Å². The molecule has 1 aromatic carbocycles. The Hall–Kier alpha value is -2.17. The van der Waals surface area contributed by atoms with E-state index in [1.165, 1.54) is 12.5 Å². The lowest BCUT2D eigenvalue weighted by Gasteiger charge is -1.99. The molecule has 14 heavy (non-hydrogen) atoms. The first-order valence-electron chi connectivity index (χ1n) is 4.02. The average Bonchev–Trinajstić information content (AvgIpc) is 2.72. The minimum atomic E-state index is 0.830. The van der Waals surface area contributed by atoms with Crippen molar-refractivity contribution in [2.24, 2.45) is 5.16 Å². The number of rotatable bonds is 2. The van der Waals surface area contributed by atoms with Gasteiger partial charge in [0.05, 0.1) is 11.9 Å². The molecule has 0 unspecified atom stereocenters. The Morgan fingerprint density at radius 2 is 2.07 bits per heavy atom. The topological polar surface area (TPSA) is 63.3 Å². The summed E-state index contributed by atoms with van der Waals surface area (Å²) in [6.45, 7) is 0. The fourth-order valence-corrected chi connectivity index (χ4v) is 1.12. The molecule has 0 spiro atoms. The molecule has 1 heterocycles. The Labute approximate surface area is 80.3 Å². The zero-order valence-electron chi connectivity index (χ0n) is 7.28. The molecule has 0 saturated heterocycles. The number of hydrogen-bond acceptors (Lipinski definition) is 4. The lowest BCUT2D eigenvalue weighted by molar-refractivity contribution is 0.322. The van der Waals surface area contributed by atoms with E-state index in [1.807, 2.05) is 24.3 Å². The molecule has 0 saturated carbocycles. The van der Waals surface area contributed by atoms with Crippen LogP contribution in [0.1, 0.15) is 5.56 Å². The van der Waals surface area contributed by atoms with Crippen LogP contribution in [0.25, 0.3) is 5.69 Å². The largest absolute Gasteiger partial charge is 0.411 e. The van der Waals surface area contributed by atoms with Crippen molar-refractivity contribution in [1.82, 2.24) is 14.8 Å². The Morgan fingerprint density at radius 3 is 2.64 bits per heavy atom. The predicted molar refractivity (Wildman–Crippen MR) is 50.7 cm³/mol. The van der Waals surface area contributed by atoms with Gasteiger partial charge < -0.3 is 5.21 Å². The van der Waals surface area contributed by atoms with Crippen LogP contribution in [-0.2, 0) is 0 Å². The van der Waals surface area contributed by atoms with Gasteiger partial charge in [-0.1, -0.05) is 17.3 Å². The average molecular weight is 188 g/mol. The van der Waals surface area contributed by atoms with E-state index in [9.17, 15) is 0 Å². The third kappa shape index (κ3) is 1.61. The smallest absolute Gasteiger partial charge is 0.138 e. The van der Waals surface area contributed by atoms with Gasteiger partial charge in [0.2, 0.25) is 0 Å². The second-order valence-corrected chi connectivity index (χ2v) is 2.68. The summed E-state index contributed by atoms with van der Waals surface area (Å²) >= 11 is 0. The normalized spacial score (nSPS) is 10.9. The molecule has 0 aliphatic heterocycles. The van der Waals surface area contributed by atoms with Gasteiger partial charge in [0.1, 0.15) is 12.7 Å². The van der Waals surface area contributed by atoms with E-state index in [-0.39, 0.29) is 0 Å². The SMILES string of the molecule is O/N=C\c1ccc(-n2cncn2)cc1. The highest BCUT2D eigenvalue weighted by atomic mass is 16.4. The maximum Gasteiger partial charge on any atom is 0.138 e. The summed E-state index contributed by atoms with van der Waals surface area (Å²) in [5.74, 6) is 0. The first-order valence-corrected chi connectivity index (χ1v) is 4.02. The fraction of sp³-hybridized carbons (Fsp3) is 0. The monoisotopic (exact) mass is 188 g/mol. The molecule has 2 rings (SSSR count). The van der Waals surface area contributed by atoms with E-state index >= 15 is 0 Å². The fourth-order valence-electron chi connectivity index (χ4n) is 1.12. The summed E-state index contributed by atoms with van der Waals surface area (Å²) in [7, 11) is 0. The minimum Gasteiger partial charge on any atom is -0.411 e. The van der Waals surface area contributed by atoms with Crippen LogP contribution in [0.2, 0.25) is 0 Å². The Morgan fingerprint density at radius 1 is 1.29 bits per heavy atom. The summed E-state index contributed by atoms with van der Waals surface area (Å²) in [6.07, 6.45) is 4.46. The summed E-state index contributed by atoms with van der Waals surface area (Å²) in [4.78, 5) is 3.84. The minimum absolute atomic E-state index is 0.830. The molecule has 70 valence electrons. The van der Waals surface area contributed by atoms with Gasteiger partial charge in [-0.3, -0.25) is 0 Å². The van der Waals surface area contributed by atoms with E-state index in [4.69, 9.17) is 5.21 Å². The maximum atomic E-state index is 8.31. The second kappa shape index (κ2) is 3.69. The number of benzene rings is 1. The molecule has 1 aromatic heterocycles. The molecule has 0 fully saturated rings. The van der Waals surface area contributed by atoms with Crippen LogP contribution >= 0.6 is 0 Å². The van der Waals surface area contributed by atoms with Crippen molar-refractivity contribution >= 4 is 6.21 Å². The highest BCUT2D eigenvalue weighted by molar-refractivity contribution is 5.79. The molecule has 2 aromatic rings. The van der Waals surface area contributed by atoms with Crippen LogP contribution in [0, 0.1) is 0 Å². The first kappa shape index (κ1) is 8.43. The molecule has 0 aliphatic carbocycles. The van der Waals surface area contributed by atoms with Crippen molar-refractivity contribution in [2.75, 3.05) is 0 Å². The molecular formula is C9H8N4O. The molecule has 1 N–H and O–H groups in total. The van der Waals surface area contributed by atoms with E-state index in [0.717, 1.165) is 11.3 Å². The van der Waals surface area contributed by atoms with E-state index in [2.05, 4.69) is 15.2 Å². The maximum absolute atomic E-state index is 8.31. The number of aromatic nitrogens is 3. The zero-order chi connectivity index (χ0) is 9.80. The van der Waals surface area contributed by atoms with Crippen LogP contribution < -0.4 is 0 Å². The van der Waals surface area contributed by atoms with Gasteiger partial charge in [0.15, 0.2) is 0 Å². The molecule has 0 amide bonds. The number of nitrogens with zero attached hydrogens (tertiary/aromatic N) is 4. The van der Waals surface area contributed by atoms with Crippen LogP contribution in [0.5, 0.6) is 0 Å². The van der Waals surface area contributed by atoms with Crippen LogP contribution in [0.3, 0.4) is 0 Å². The Bertz CT molecular complexity index is 419. The van der Waals surface area contributed by atoms with Gasteiger partial charge >= 0.3 is 0 Å². The van der Waals surface area contributed by atoms with Crippen LogP contribution in [-0.4, -0.2) is 26.2 Å². The molecule has 0 atom stereocenters. The van der Waals surface area contributed by atoms with Gasteiger partial charge in [0, 0.05) is 0 Å². The molecule has 0 aliphatic rings. The lowest BCUT2D eigenvalue weighted by atomic mass is 10.2. The molecule has 5 nitrogen and oxygen atoms in total. The predicted octanol–water partition coefficient (Wildman–Crippen LogP) is 1.08. The Balaban J connectivity index is 2.31. The van der Waals surface area contributed by atoms with E-state index < -0.39 is 0 Å². The molecule has 0 radical (unpaired) electrons. The van der Waals surface area contributed by atoms with Crippen molar-refractivity contribution in [3.05, 3.63) is 42.5 Å². The highest BCUT2D eigenvalue weighted by Gasteiger charge is 1.95. The third-order valence-electron chi connectivity index (χ3n) is 1.78. The Kier molecular flexibility index (Phi) is 2.22. The van der Waals surface area contributed by atoms with Gasteiger partial charge in [-0.2, -0.15) is 5.10 Å². The number of oxime groups is 1. The van der Waals surface area contributed by atoms with Crippen molar-refractivity contribution in [1.29, 1.82) is 0 Å². The third-order valence-corrected chi connectivity index (χ3v) is 1.78. The summed E-state index contributed by atoms with van der Waals surface area (Å²) in [5.41, 5.74) is 1.74. The van der Waals surface area contributed by atoms with Crippen molar-refractivity contribution in [2.45, 2.75) is 0 Å². The van der Waals surface area contributed by atoms with Gasteiger partial charge in [-0.15, -0.1) is 0 Å². The van der Waals surface area contributed by atoms with Crippen LogP contribution in [0.4, 0.5) is 0 Å². The summed E-state index contributed by atoms with van der Waals surface area (Å²) in [6, 6.07) is 7.39. The first-order chi connectivity index (χ1) is 6.90. The lowest BCUT2D eigenvalue weighted by Crippen LogP contribution is -1.94. The second-order valence-electron chi connectivity index (χ2n) is 2.68. The quantitative estimate of drug-likeness (QED) is 0.435. The standard InChI is InChI=1S/C9H8N4O/c14-12-5-8-1-3-9(4-2-8)13-7-10-6-11-13/h1-7,14H/b12-5-. The summed E-state index contributed by atoms with van der Waals surface area (Å²) < 4.78 is 1.65. The van der Waals surface area contributed by atoms with Crippen molar-refractivity contribution in [3.8, 4) is 5.69 Å². The van der Waals surface area contributed by atoms with Crippen molar-refractivity contribution in [3.63, 3.8) is 0 Å². The van der Waals surface area contributed by atoms with Gasteiger partial charge in [-0.25, -0.2) is 9.67 Å². The molecule has 5 heteroatoms. The summed E-state index contributed by atoms with van der Waals surface area (Å²) in [5, 5.41) is 15.2. The van der Waals surface area contributed by atoms with E-state index in [0.29, 0.717) is 0 Å². The van der Waals surface area contributed by atoms with Crippen LogP contribution in [0.15, 0.2) is 42.1 Å². The highest BCUT2D eigenvalue weighted by Crippen LogP contribution is 2.06. The zero-order valence-corrected chi connectivity index (χ0v) is 7.28. The molecular weight excluding hydrogens is 180 g/mol. The van der Waals surface area contributed by atoms with E-state index in [1.54, 1.807) is 11.0 Å². The number of hydrogen-bond donors (Lipinski definition) is 1.